The summed E-state index contributed by atoms with van der Waals surface area (Å²) in [5, 5.41) is 12.2. The minimum atomic E-state index is -0.271. The Morgan fingerprint density at radius 2 is 1.70 bits per heavy atom. The van der Waals surface area contributed by atoms with Crippen LogP contribution < -0.4 is 11.1 Å². The second-order valence-electron chi connectivity index (χ2n) is 13.1. The fourth-order valence-electron chi connectivity index (χ4n) is 7.27. The Morgan fingerprint density at radius 1 is 0.936 bits per heavy atom. The maximum Gasteiger partial charge on any atom is 0.255 e. The maximum atomic E-state index is 13.3. The molecule has 3 aliphatic rings. The number of hydrogen-bond acceptors (Lipinski definition) is 8. The molecule has 1 saturated carbocycles. The number of rotatable bonds is 8. The van der Waals surface area contributed by atoms with Crippen LogP contribution in [0.3, 0.4) is 0 Å². The summed E-state index contributed by atoms with van der Waals surface area (Å²) >= 11 is 0. The van der Waals surface area contributed by atoms with E-state index in [0.717, 1.165) is 63.0 Å². The molecule has 3 heterocycles. The molecule has 240 valence electrons. The number of benzene rings is 2. The number of aryl methyl sites for hydroxylation is 1. The highest BCUT2D eigenvalue weighted by atomic mass is 16.5. The number of carbonyl (C=O) groups is 1. The molecule has 3 atom stereocenters. The lowest BCUT2D eigenvalue weighted by molar-refractivity contribution is 0.0272. The summed E-state index contributed by atoms with van der Waals surface area (Å²) in [6.45, 7) is 5.09. The number of nitrogens with one attached hydrogen (secondary N) is 1. The lowest BCUT2D eigenvalue weighted by atomic mass is 9.98. The third-order valence-corrected chi connectivity index (χ3v) is 10.1. The average molecular weight is 628 g/mol. The Bertz CT molecular complexity index is 1780. The molecular formula is C38H41N7O2. The van der Waals surface area contributed by atoms with Gasteiger partial charge in [0.1, 0.15) is 17.6 Å². The van der Waals surface area contributed by atoms with Crippen LogP contribution in [0.5, 0.6) is 0 Å². The predicted octanol–water partition coefficient (Wildman–Crippen LogP) is 5.37. The zero-order valence-electron chi connectivity index (χ0n) is 26.9. The van der Waals surface area contributed by atoms with Crippen LogP contribution in [0.25, 0.3) is 22.3 Å². The highest BCUT2D eigenvalue weighted by Gasteiger charge is 2.31. The Balaban J connectivity index is 0.954. The van der Waals surface area contributed by atoms with Crippen molar-refractivity contribution in [3.63, 3.8) is 0 Å². The van der Waals surface area contributed by atoms with Gasteiger partial charge in [0.15, 0.2) is 0 Å². The van der Waals surface area contributed by atoms with Crippen molar-refractivity contribution in [1.82, 2.24) is 25.1 Å². The number of likely N-dealkylation sites (N-methyl/N-ethyl adjacent to an activating group) is 1. The van der Waals surface area contributed by atoms with Gasteiger partial charge in [0.2, 0.25) is 0 Å². The second kappa shape index (κ2) is 13.6. The summed E-state index contributed by atoms with van der Waals surface area (Å²) in [5.41, 5.74) is 14.8. The van der Waals surface area contributed by atoms with Crippen molar-refractivity contribution in [1.29, 1.82) is 5.26 Å². The fraction of sp³-hybridized carbons (Fsp3) is 0.368. The number of carbonyl (C=O) groups excluding carboxylic acids is 1. The lowest BCUT2D eigenvalue weighted by Crippen LogP contribution is -2.45. The van der Waals surface area contributed by atoms with Gasteiger partial charge in [-0.2, -0.15) is 5.26 Å². The van der Waals surface area contributed by atoms with E-state index >= 15 is 0 Å². The molecule has 0 unspecified atom stereocenters. The van der Waals surface area contributed by atoms with E-state index in [0.29, 0.717) is 29.5 Å². The van der Waals surface area contributed by atoms with Gasteiger partial charge in [-0.25, -0.2) is 9.97 Å². The number of hydrogen-bond donors (Lipinski definition) is 2. The summed E-state index contributed by atoms with van der Waals surface area (Å²) in [5.74, 6) is -0.103. The van der Waals surface area contributed by atoms with Crippen LogP contribution in [0.2, 0.25) is 0 Å². The number of aromatic nitrogens is 2. The number of nitriles is 1. The van der Waals surface area contributed by atoms with Crippen molar-refractivity contribution in [2.24, 2.45) is 0 Å². The molecule has 4 aromatic rings. The monoisotopic (exact) mass is 627 g/mol. The number of nitrogens with zero attached hydrogens (tertiary/aromatic N) is 5. The van der Waals surface area contributed by atoms with E-state index in [-0.39, 0.29) is 23.9 Å². The van der Waals surface area contributed by atoms with Crippen molar-refractivity contribution in [3.05, 3.63) is 101 Å². The minimum Gasteiger partial charge on any atom is -0.383 e. The summed E-state index contributed by atoms with van der Waals surface area (Å²) < 4.78 is 6.36. The average Bonchev–Trinajstić information content (AvgIpc) is 3.74. The van der Waals surface area contributed by atoms with Gasteiger partial charge in [-0.05, 0) is 85.2 Å². The van der Waals surface area contributed by atoms with Gasteiger partial charge in [0, 0.05) is 55.7 Å². The van der Waals surface area contributed by atoms with Crippen molar-refractivity contribution in [3.8, 4) is 28.3 Å². The van der Waals surface area contributed by atoms with Crippen LogP contribution in [0, 0.1) is 11.3 Å². The summed E-state index contributed by atoms with van der Waals surface area (Å²) in [6, 6.07) is 23.3. The third kappa shape index (κ3) is 6.77. The topological polar surface area (TPSA) is 120 Å². The minimum absolute atomic E-state index is 0.0799. The first-order valence-corrected chi connectivity index (χ1v) is 16.6. The molecule has 47 heavy (non-hydrogen) atoms. The molecule has 2 aliphatic carbocycles. The molecule has 1 aliphatic heterocycles. The second-order valence-corrected chi connectivity index (χ2v) is 13.1. The number of anilines is 1. The SMILES string of the molecule is CN1CCN([C@H]2CCc3cc(-c4ccc(CO[C@H]5CCC[C@@H]5NC(=O)c5cc(-c6ccc(C#N)nc6)cnc5N)cc4)ccc32)CC1. The first-order valence-electron chi connectivity index (χ1n) is 16.6. The molecule has 2 aromatic carbocycles. The van der Waals surface area contributed by atoms with Gasteiger partial charge in [0.05, 0.1) is 24.3 Å². The molecule has 2 aromatic heterocycles. The highest BCUT2D eigenvalue weighted by Crippen LogP contribution is 2.38. The van der Waals surface area contributed by atoms with E-state index in [1.54, 1.807) is 30.6 Å². The maximum absolute atomic E-state index is 13.3. The van der Waals surface area contributed by atoms with Gasteiger partial charge in [-0.3, -0.25) is 9.69 Å². The number of nitrogen functional groups attached to an aromatic ring is 1. The van der Waals surface area contributed by atoms with Crippen molar-refractivity contribution in [2.75, 3.05) is 39.0 Å². The number of fused-ring (bicyclic) bond motifs is 1. The fourth-order valence-corrected chi connectivity index (χ4v) is 7.27. The van der Waals surface area contributed by atoms with Crippen LogP contribution >= 0.6 is 0 Å². The zero-order valence-corrected chi connectivity index (χ0v) is 26.9. The quantitative estimate of drug-likeness (QED) is 0.268. The molecule has 9 heteroatoms. The zero-order chi connectivity index (χ0) is 32.3. The first kappa shape index (κ1) is 31.0. The van der Waals surface area contributed by atoms with E-state index in [9.17, 15) is 4.79 Å². The van der Waals surface area contributed by atoms with Gasteiger partial charge in [-0.1, -0.05) is 42.5 Å². The van der Waals surface area contributed by atoms with Gasteiger partial charge in [-0.15, -0.1) is 0 Å². The van der Waals surface area contributed by atoms with E-state index in [1.807, 2.05) is 6.07 Å². The summed E-state index contributed by atoms with van der Waals surface area (Å²) in [6.07, 6.45) is 8.20. The van der Waals surface area contributed by atoms with Crippen molar-refractivity contribution >= 4 is 11.7 Å². The van der Waals surface area contributed by atoms with E-state index < -0.39 is 0 Å². The van der Waals surface area contributed by atoms with Gasteiger partial charge < -0.3 is 20.7 Å². The molecule has 3 N–H and O–H groups in total. The normalized spacial score (nSPS) is 21.3. The van der Waals surface area contributed by atoms with E-state index in [2.05, 4.69) is 74.6 Å². The smallest absolute Gasteiger partial charge is 0.255 e. The highest BCUT2D eigenvalue weighted by molar-refractivity contribution is 5.99. The van der Waals surface area contributed by atoms with Crippen molar-refractivity contribution in [2.45, 2.75) is 56.9 Å². The van der Waals surface area contributed by atoms with Crippen LogP contribution in [-0.4, -0.2) is 71.0 Å². The van der Waals surface area contributed by atoms with Gasteiger partial charge >= 0.3 is 0 Å². The molecule has 0 radical (unpaired) electrons. The number of piperazine rings is 1. The standard InChI is InChI=1S/C38H41N7O2/c1-44-15-17-45(18-16-44)35-14-11-28-19-27(10-13-32(28)35)26-7-5-25(6-8-26)24-47-36-4-2-3-34(36)43-38(46)33-20-30(23-42-37(33)40)29-9-12-31(21-39)41-22-29/h5-10,12-13,19-20,22-23,34-36H,2-4,11,14-18,24H2,1H3,(H2,40,42)(H,43,46)/t34-,35-,36-/m0/s1. The number of ether oxygens (including phenoxy) is 1. The summed E-state index contributed by atoms with van der Waals surface area (Å²) in [4.78, 5) is 26.8. The molecular weight excluding hydrogens is 586 g/mol. The summed E-state index contributed by atoms with van der Waals surface area (Å²) in [7, 11) is 2.21. The van der Waals surface area contributed by atoms with Crippen LogP contribution in [0.1, 0.15) is 64.5 Å². The van der Waals surface area contributed by atoms with Crippen LogP contribution in [0.4, 0.5) is 5.82 Å². The largest absolute Gasteiger partial charge is 0.383 e. The number of nitrogens with two attached hydrogens (primary N) is 1. The molecule has 0 spiro atoms. The first-order chi connectivity index (χ1) is 22.9. The van der Waals surface area contributed by atoms with Crippen molar-refractivity contribution < 1.29 is 9.53 Å². The number of pyridine rings is 2. The lowest BCUT2D eigenvalue weighted by Gasteiger charge is -2.36. The molecule has 0 bridgehead atoms. The van der Waals surface area contributed by atoms with E-state index in [1.165, 1.54) is 28.7 Å². The third-order valence-electron chi connectivity index (χ3n) is 10.1. The van der Waals surface area contributed by atoms with Crippen LogP contribution in [0.15, 0.2) is 73.1 Å². The number of amides is 1. The molecule has 9 nitrogen and oxygen atoms in total. The Kier molecular flexibility index (Phi) is 8.99. The molecule has 2 fully saturated rings. The van der Waals surface area contributed by atoms with E-state index in [4.69, 9.17) is 15.7 Å². The van der Waals surface area contributed by atoms with Crippen LogP contribution in [-0.2, 0) is 17.8 Å². The molecule has 1 saturated heterocycles. The molecule has 7 rings (SSSR count). The predicted molar refractivity (Wildman–Crippen MR) is 182 cm³/mol. The van der Waals surface area contributed by atoms with Gasteiger partial charge in [0.25, 0.3) is 5.91 Å². The molecule has 1 amide bonds. The Morgan fingerprint density at radius 3 is 2.47 bits per heavy atom. The Hall–Kier alpha value is -4.62. The Labute approximate surface area is 276 Å².